The number of rotatable bonds is 6. The molecule has 2 aromatic rings. The Morgan fingerprint density at radius 1 is 1.27 bits per heavy atom. The van der Waals surface area contributed by atoms with E-state index in [4.69, 9.17) is 10.00 Å². The molecular formula is C19H24N6O. The predicted molar refractivity (Wildman–Crippen MR) is 100 cm³/mol. The van der Waals surface area contributed by atoms with Gasteiger partial charge in [-0.15, -0.1) is 0 Å². The van der Waals surface area contributed by atoms with Gasteiger partial charge < -0.3 is 15.4 Å². The number of hydrogen-bond acceptors (Lipinski definition) is 7. The van der Waals surface area contributed by atoms with Gasteiger partial charge in [0.15, 0.2) is 0 Å². The van der Waals surface area contributed by atoms with Gasteiger partial charge in [0.05, 0.1) is 13.2 Å². The van der Waals surface area contributed by atoms with E-state index < -0.39 is 0 Å². The van der Waals surface area contributed by atoms with Gasteiger partial charge in [0.1, 0.15) is 11.5 Å². The van der Waals surface area contributed by atoms with Gasteiger partial charge in [-0.1, -0.05) is 0 Å². The van der Waals surface area contributed by atoms with Crippen molar-refractivity contribution in [3.8, 4) is 11.9 Å². The number of nitrogens with zero attached hydrogens (tertiary/aromatic N) is 4. The third-order valence-corrected chi connectivity index (χ3v) is 4.75. The zero-order valence-electron chi connectivity index (χ0n) is 15.2. The van der Waals surface area contributed by atoms with Crippen LogP contribution in [0.2, 0.25) is 0 Å². The minimum absolute atomic E-state index is 0.388. The first-order valence-corrected chi connectivity index (χ1v) is 8.92. The van der Waals surface area contributed by atoms with Gasteiger partial charge in [-0.25, -0.2) is 9.97 Å². The van der Waals surface area contributed by atoms with Crippen molar-refractivity contribution in [3.05, 3.63) is 30.1 Å². The molecule has 3 rings (SSSR count). The van der Waals surface area contributed by atoms with Crippen LogP contribution in [0.25, 0.3) is 0 Å². The van der Waals surface area contributed by atoms with Crippen LogP contribution in [-0.4, -0.2) is 28.1 Å². The summed E-state index contributed by atoms with van der Waals surface area (Å²) in [6, 6.07) is 6.38. The van der Waals surface area contributed by atoms with E-state index in [0.717, 1.165) is 42.8 Å². The molecule has 0 atom stereocenters. The molecule has 136 valence electrons. The van der Waals surface area contributed by atoms with E-state index >= 15 is 0 Å². The average molecular weight is 352 g/mol. The Bertz CT molecular complexity index is 780. The van der Waals surface area contributed by atoms with Crippen LogP contribution in [0.4, 0.5) is 17.5 Å². The van der Waals surface area contributed by atoms with Crippen LogP contribution in [0.15, 0.2) is 24.5 Å². The molecule has 0 aliphatic heterocycles. The molecule has 1 saturated carbocycles. The highest BCUT2D eigenvalue weighted by molar-refractivity contribution is 5.61. The van der Waals surface area contributed by atoms with Crippen LogP contribution >= 0.6 is 0 Å². The summed E-state index contributed by atoms with van der Waals surface area (Å²) in [6.45, 7) is 2.00. The summed E-state index contributed by atoms with van der Waals surface area (Å²) in [7, 11) is 1.58. The Balaban J connectivity index is 1.67. The van der Waals surface area contributed by atoms with E-state index in [-0.39, 0.29) is 0 Å². The highest BCUT2D eigenvalue weighted by atomic mass is 16.5. The highest BCUT2D eigenvalue weighted by Gasteiger charge is 2.21. The first kappa shape index (κ1) is 17.9. The van der Waals surface area contributed by atoms with Crippen LogP contribution in [0, 0.1) is 24.2 Å². The fourth-order valence-corrected chi connectivity index (χ4v) is 3.25. The molecule has 0 saturated heterocycles. The average Bonchev–Trinajstić information content (AvgIpc) is 2.67. The minimum Gasteiger partial charge on any atom is -0.480 e. The molecule has 7 nitrogen and oxygen atoms in total. The Kier molecular flexibility index (Phi) is 5.84. The number of methoxy groups -OCH3 is 1. The van der Waals surface area contributed by atoms with Crippen LogP contribution in [0.3, 0.4) is 0 Å². The summed E-state index contributed by atoms with van der Waals surface area (Å²) in [5.41, 5.74) is 1.73. The van der Waals surface area contributed by atoms with Crippen LogP contribution < -0.4 is 15.4 Å². The summed E-state index contributed by atoms with van der Waals surface area (Å²) < 4.78 is 5.26. The van der Waals surface area contributed by atoms with Crippen LogP contribution in [-0.2, 0) is 0 Å². The van der Waals surface area contributed by atoms with E-state index in [1.165, 1.54) is 0 Å². The number of nitriles is 1. The van der Waals surface area contributed by atoms with Crippen molar-refractivity contribution in [2.24, 2.45) is 5.92 Å². The van der Waals surface area contributed by atoms with Gasteiger partial charge in [-0.05, 0) is 50.7 Å². The van der Waals surface area contributed by atoms with E-state index in [0.29, 0.717) is 30.2 Å². The quantitative estimate of drug-likeness (QED) is 0.816. The Morgan fingerprint density at radius 2 is 2.08 bits per heavy atom. The number of anilines is 3. The van der Waals surface area contributed by atoms with E-state index in [1.54, 1.807) is 13.3 Å². The molecule has 2 heterocycles. The van der Waals surface area contributed by atoms with Crippen LogP contribution in [0.1, 0.15) is 37.7 Å². The largest absolute Gasteiger partial charge is 0.480 e. The standard InChI is InChI=1S/C19H24N6O/c1-13-12-22-19(24-16-4-3-11-21-18(16)26-2)25-17(13)23-15-7-5-14(6-8-15)9-10-20/h3-4,11-12,14-15H,5-9H2,1-2H3,(H2,22,23,24,25). The maximum atomic E-state index is 8.84. The predicted octanol–water partition coefficient (Wildman–Crippen LogP) is 3.82. The van der Waals surface area contributed by atoms with Gasteiger partial charge in [0, 0.05) is 30.4 Å². The molecule has 7 heteroatoms. The normalized spacial score (nSPS) is 19.4. The first-order valence-electron chi connectivity index (χ1n) is 8.92. The summed E-state index contributed by atoms with van der Waals surface area (Å²) in [5.74, 6) is 2.39. The molecule has 0 aromatic carbocycles. The second kappa shape index (κ2) is 8.48. The Labute approximate surface area is 153 Å². The maximum Gasteiger partial charge on any atom is 0.237 e. The van der Waals surface area contributed by atoms with Gasteiger partial charge in [0.2, 0.25) is 11.8 Å². The zero-order chi connectivity index (χ0) is 18.4. The SMILES string of the molecule is COc1ncccc1Nc1ncc(C)c(NC2CCC(CC#N)CC2)n1. The molecule has 0 spiro atoms. The molecule has 0 unspecified atom stereocenters. The summed E-state index contributed by atoms with van der Waals surface area (Å²) in [5, 5.41) is 15.6. The minimum atomic E-state index is 0.388. The van der Waals surface area contributed by atoms with Crippen molar-refractivity contribution in [3.63, 3.8) is 0 Å². The third kappa shape index (κ3) is 4.39. The third-order valence-electron chi connectivity index (χ3n) is 4.75. The van der Waals surface area contributed by atoms with Crippen LogP contribution in [0.5, 0.6) is 5.88 Å². The summed E-state index contributed by atoms with van der Waals surface area (Å²) in [6.07, 6.45) is 8.46. The number of aromatic nitrogens is 3. The van der Waals surface area contributed by atoms with Gasteiger partial charge >= 0.3 is 0 Å². The zero-order valence-corrected chi connectivity index (χ0v) is 15.2. The Morgan fingerprint density at radius 3 is 2.81 bits per heavy atom. The van der Waals surface area contributed by atoms with Gasteiger partial charge in [-0.3, -0.25) is 0 Å². The molecule has 1 aliphatic carbocycles. The van der Waals surface area contributed by atoms with Crippen molar-refractivity contribution in [1.29, 1.82) is 5.26 Å². The molecule has 26 heavy (non-hydrogen) atoms. The fourth-order valence-electron chi connectivity index (χ4n) is 3.25. The van der Waals surface area contributed by atoms with Crippen molar-refractivity contribution < 1.29 is 4.74 Å². The number of ether oxygens (including phenoxy) is 1. The van der Waals surface area contributed by atoms with Gasteiger partial charge in [0.25, 0.3) is 0 Å². The van der Waals surface area contributed by atoms with Gasteiger partial charge in [-0.2, -0.15) is 10.2 Å². The second-order valence-corrected chi connectivity index (χ2v) is 6.63. The van der Waals surface area contributed by atoms with E-state index in [2.05, 4.69) is 31.7 Å². The smallest absolute Gasteiger partial charge is 0.237 e. The van der Waals surface area contributed by atoms with Crippen molar-refractivity contribution in [2.45, 2.75) is 45.1 Å². The lowest BCUT2D eigenvalue weighted by atomic mass is 9.84. The lowest BCUT2D eigenvalue weighted by molar-refractivity contribution is 0.342. The van der Waals surface area contributed by atoms with E-state index in [1.807, 2.05) is 25.3 Å². The molecule has 1 fully saturated rings. The highest BCUT2D eigenvalue weighted by Crippen LogP contribution is 2.29. The molecule has 0 amide bonds. The molecular weight excluding hydrogens is 328 g/mol. The summed E-state index contributed by atoms with van der Waals surface area (Å²) >= 11 is 0. The molecule has 1 aliphatic rings. The topological polar surface area (TPSA) is 95.8 Å². The molecule has 0 bridgehead atoms. The maximum absolute atomic E-state index is 8.84. The fraction of sp³-hybridized carbons (Fsp3) is 0.474. The van der Waals surface area contributed by atoms with Crippen molar-refractivity contribution >= 4 is 17.5 Å². The Hall–Kier alpha value is -2.88. The lowest BCUT2D eigenvalue weighted by Gasteiger charge is -2.28. The number of pyridine rings is 1. The molecule has 2 aromatic heterocycles. The summed E-state index contributed by atoms with van der Waals surface area (Å²) in [4.78, 5) is 13.2. The second-order valence-electron chi connectivity index (χ2n) is 6.63. The van der Waals surface area contributed by atoms with Crippen molar-refractivity contribution in [1.82, 2.24) is 15.0 Å². The monoisotopic (exact) mass is 352 g/mol. The first-order chi connectivity index (χ1) is 12.7. The number of aryl methyl sites for hydroxylation is 1. The molecule has 2 N–H and O–H groups in total. The van der Waals surface area contributed by atoms with Crippen molar-refractivity contribution in [2.75, 3.05) is 17.7 Å². The van der Waals surface area contributed by atoms with E-state index in [9.17, 15) is 0 Å². The number of nitrogens with one attached hydrogen (secondary N) is 2. The lowest BCUT2D eigenvalue weighted by Crippen LogP contribution is -2.27. The number of hydrogen-bond donors (Lipinski definition) is 2. The molecule has 0 radical (unpaired) electrons.